The summed E-state index contributed by atoms with van der Waals surface area (Å²) < 4.78 is 0. The minimum atomic E-state index is -1.10. The highest BCUT2D eigenvalue weighted by molar-refractivity contribution is 5.83. The van der Waals surface area contributed by atoms with Crippen LogP contribution in [-0.2, 0) is 16.0 Å². The lowest BCUT2D eigenvalue weighted by Crippen LogP contribution is -2.42. The zero-order valence-electron chi connectivity index (χ0n) is 15.0. The van der Waals surface area contributed by atoms with Crippen LogP contribution in [0.2, 0.25) is 0 Å². The second kappa shape index (κ2) is 9.47. The quantitative estimate of drug-likeness (QED) is 0.520. The molecule has 0 saturated heterocycles. The lowest BCUT2D eigenvalue weighted by Gasteiger charge is -2.16. The number of nitro benzene ring substituents is 1. The molecule has 2 N–H and O–H groups in total. The fraction of sp³-hybridized carbons (Fsp3) is 0.300. The summed E-state index contributed by atoms with van der Waals surface area (Å²) in [6.45, 7) is 1.81. The highest BCUT2D eigenvalue weighted by atomic mass is 16.6. The van der Waals surface area contributed by atoms with E-state index in [0.29, 0.717) is 12.0 Å². The van der Waals surface area contributed by atoms with Crippen LogP contribution < -0.4 is 5.32 Å². The van der Waals surface area contributed by atoms with Gasteiger partial charge in [-0.3, -0.25) is 14.9 Å². The van der Waals surface area contributed by atoms with Crippen molar-refractivity contribution in [2.24, 2.45) is 0 Å². The first-order chi connectivity index (χ1) is 12.9. The number of hydrogen-bond acceptors (Lipinski definition) is 4. The number of carboxylic acids is 1. The van der Waals surface area contributed by atoms with Crippen LogP contribution in [0.4, 0.5) is 5.69 Å². The van der Waals surface area contributed by atoms with Crippen molar-refractivity contribution < 1.29 is 19.6 Å². The van der Waals surface area contributed by atoms with Gasteiger partial charge in [0.15, 0.2) is 0 Å². The molecule has 2 rings (SSSR count). The average Bonchev–Trinajstić information content (AvgIpc) is 2.66. The first kappa shape index (κ1) is 20.1. The molecule has 142 valence electrons. The Morgan fingerprint density at radius 2 is 1.74 bits per heavy atom. The highest BCUT2D eigenvalue weighted by Gasteiger charge is 2.22. The number of rotatable bonds is 9. The molecule has 0 saturated carbocycles. The predicted octanol–water partition coefficient (Wildman–Crippen LogP) is 3.29. The molecule has 2 aromatic rings. The summed E-state index contributed by atoms with van der Waals surface area (Å²) in [5.74, 6) is -1.68. The molecule has 1 amide bonds. The Morgan fingerprint density at radius 1 is 1.11 bits per heavy atom. The molecule has 0 aliphatic carbocycles. The molecule has 0 bridgehead atoms. The maximum Gasteiger partial charge on any atom is 0.326 e. The van der Waals surface area contributed by atoms with Gasteiger partial charge in [-0.2, -0.15) is 0 Å². The van der Waals surface area contributed by atoms with E-state index in [1.165, 1.54) is 6.07 Å². The summed E-state index contributed by atoms with van der Waals surface area (Å²) >= 11 is 0. The average molecular weight is 370 g/mol. The van der Waals surface area contributed by atoms with E-state index in [1.54, 1.807) is 30.3 Å². The molecule has 2 atom stereocenters. The summed E-state index contributed by atoms with van der Waals surface area (Å²) in [6.07, 6.45) is 0.668. The minimum Gasteiger partial charge on any atom is -0.480 e. The van der Waals surface area contributed by atoms with Crippen LogP contribution in [0.15, 0.2) is 54.6 Å². The molecule has 0 aliphatic rings. The van der Waals surface area contributed by atoms with Crippen LogP contribution in [-0.4, -0.2) is 27.9 Å². The first-order valence-electron chi connectivity index (χ1n) is 8.68. The van der Waals surface area contributed by atoms with Gasteiger partial charge >= 0.3 is 5.97 Å². The van der Waals surface area contributed by atoms with Crippen molar-refractivity contribution in [2.75, 3.05) is 0 Å². The number of nitrogens with one attached hydrogen (secondary N) is 1. The van der Waals surface area contributed by atoms with E-state index in [1.807, 2.05) is 25.1 Å². The second-order valence-corrected chi connectivity index (χ2v) is 6.40. The zero-order chi connectivity index (χ0) is 19.8. The van der Waals surface area contributed by atoms with E-state index in [-0.39, 0.29) is 30.4 Å². The van der Waals surface area contributed by atoms with Gasteiger partial charge < -0.3 is 10.4 Å². The number of para-hydroxylation sites is 1. The number of nitro groups is 1. The molecule has 7 nitrogen and oxygen atoms in total. The summed E-state index contributed by atoms with van der Waals surface area (Å²) in [5.41, 5.74) is 1.41. The molecule has 27 heavy (non-hydrogen) atoms. The standard InChI is InChI=1S/C20H22N2O5/c1-14(16-9-5-6-10-18(16)22(26)27)11-12-19(23)21-17(20(24)25)13-15-7-3-2-4-8-15/h2-10,14,17H,11-13H2,1H3,(H,21,23)(H,24,25). The summed E-state index contributed by atoms with van der Waals surface area (Å²) in [6, 6.07) is 14.5. The molecule has 0 spiro atoms. The zero-order valence-corrected chi connectivity index (χ0v) is 15.0. The Labute approximate surface area is 157 Å². The van der Waals surface area contributed by atoms with Crippen molar-refractivity contribution in [2.45, 2.75) is 38.1 Å². The van der Waals surface area contributed by atoms with Crippen molar-refractivity contribution in [1.29, 1.82) is 0 Å². The molecule has 0 fully saturated rings. The Morgan fingerprint density at radius 3 is 2.37 bits per heavy atom. The number of carbonyl (C=O) groups is 2. The smallest absolute Gasteiger partial charge is 0.326 e. The van der Waals surface area contributed by atoms with Crippen molar-refractivity contribution in [1.82, 2.24) is 5.32 Å². The van der Waals surface area contributed by atoms with Crippen LogP contribution in [0.25, 0.3) is 0 Å². The first-order valence-corrected chi connectivity index (χ1v) is 8.68. The van der Waals surface area contributed by atoms with E-state index in [0.717, 1.165) is 5.56 Å². The van der Waals surface area contributed by atoms with Gasteiger partial charge in [0.05, 0.1) is 4.92 Å². The third-order valence-electron chi connectivity index (χ3n) is 4.38. The molecule has 2 aromatic carbocycles. The van der Waals surface area contributed by atoms with E-state index in [9.17, 15) is 24.8 Å². The fourth-order valence-corrected chi connectivity index (χ4v) is 2.89. The molecular formula is C20H22N2O5. The van der Waals surface area contributed by atoms with Crippen molar-refractivity contribution in [3.8, 4) is 0 Å². The van der Waals surface area contributed by atoms with E-state index in [4.69, 9.17) is 0 Å². The monoisotopic (exact) mass is 370 g/mol. The topological polar surface area (TPSA) is 110 Å². The van der Waals surface area contributed by atoms with Crippen molar-refractivity contribution in [3.63, 3.8) is 0 Å². The number of aliphatic carboxylic acids is 1. The lowest BCUT2D eigenvalue weighted by atomic mass is 9.94. The van der Waals surface area contributed by atoms with E-state index < -0.39 is 16.9 Å². The Hall–Kier alpha value is -3.22. The van der Waals surface area contributed by atoms with Gasteiger partial charge in [-0.05, 0) is 17.9 Å². The largest absolute Gasteiger partial charge is 0.480 e. The number of amides is 1. The molecular weight excluding hydrogens is 348 g/mol. The Kier molecular flexibility index (Phi) is 7.05. The van der Waals surface area contributed by atoms with Crippen LogP contribution in [0, 0.1) is 10.1 Å². The number of hydrogen-bond donors (Lipinski definition) is 2. The Bertz CT molecular complexity index is 807. The molecule has 7 heteroatoms. The second-order valence-electron chi connectivity index (χ2n) is 6.40. The van der Waals surface area contributed by atoms with E-state index in [2.05, 4.69) is 5.32 Å². The van der Waals surface area contributed by atoms with Gasteiger partial charge in [-0.25, -0.2) is 4.79 Å². The predicted molar refractivity (Wildman–Crippen MR) is 100 cm³/mol. The fourth-order valence-electron chi connectivity index (χ4n) is 2.89. The number of carbonyl (C=O) groups excluding carboxylic acids is 1. The van der Waals surface area contributed by atoms with Crippen LogP contribution >= 0.6 is 0 Å². The van der Waals surface area contributed by atoms with Gasteiger partial charge in [0, 0.05) is 24.5 Å². The maximum atomic E-state index is 12.2. The summed E-state index contributed by atoms with van der Waals surface area (Å²) in [4.78, 5) is 34.3. The van der Waals surface area contributed by atoms with Crippen LogP contribution in [0.1, 0.15) is 36.8 Å². The van der Waals surface area contributed by atoms with Crippen molar-refractivity contribution >= 4 is 17.6 Å². The maximum absolute atomic E-state index is 12.2. The number of benzene rings is 2. The number of carboxylic acid groups (broad SMARTS) is 1. The van der Waals surface area contributed by atoms with Gasteiger partial charge in [0.1, 0.15) is 6.04 Å². The summed E-state index contributed by atoms with van der Waals surface area (Å²) in [5, 5.41) is 23.0. The van der Waals surface area contributed by atoms with Crippen LogP contribution in [0.3, 0.4) is 0 Å². The SMILES string of the molecule is CC(CCC(=O)NC(Cc1ccccc1)C(=O)O)c1ccccc1[N+](=O)[O-]. The van der Waals surface area contributed by atoms with Crippen LogP contribution in [0.5, 0.6) is 0 Å². The Balaban J connectivity index is 1.94. The molecule has 0 aromatic heterocycles. The molecule has 0 aliphatic heterocycles. The normalized spacial score (nSPS) is 12.8. The third-order valence-corrected chi connectivity index (χ3v) is 4.38. The van der Waals surface area contributed by atoms with Gasteiger partial charge in [-0.15, -0.1) is 0 Å². The van der Waals surface area contributed by atoms with E-state index >= 15 is 0 Å². The number of nitrogens with zero attached hydrogens (tertiary/aromatic N) is 1. The molecule has 2 unspecified atom stereocenters. The molecule has 0 radical (unpaired) electrons. The minimum absolute atomic E-state index is 0.0258. The lowest BCUT2D eigenvalue weighted by molar-refractivity contribution is -0.385. The molecule has 0 heterocycles. The highest BCUT2D eigenvalue weighted by Crippen LogP contribution is 2.29. The van der Waals surface area contributed by atoms with Gasteiger partial charge in [-0.1, -0.05) is 55.5 Å². The van der Waals surface area contributed by atoms with Gasteiger partial charge in [0.25, 0.3) is 5.69 Å². The van der Waals surface area contributed by atoms with Gasteiger partial charge in [0.2, 0.25) is 5.91 Å². The van der Waals surface area contributed by atoms with Crippen molar-refractivity contribution in [3.05, 3.63) is 75.8 Å². The summed E-state index contributed by atoms with van der Waals surface area (Å²) in [7, 11) is 0. The third kappa shape index (κ3) is 5.91.